The highest BCUT2D eigenvalue weighted by molar-refractivity contribution is 6.32. The molecule has 0 fully saturated rings. The summed E-state index contributed by atoms with van der Waals surface area (Å²) in [5.41, 5.74) is 22.1. The van der Waals surface area contributed by atoms with Crippen molar-refractivity contribution in [1.82, 2.24) is 8.80 Å². The second kappa shape index (κ2) is 14.8. The highest BCUT2D eigenvalue weighted by Crippen LogP contribution is 2.52. The van der Waals surface area contributed by atoms with Gasteiger partial charge in [-0.25, -0.2) is 0 Å². The second-order valence-electron chi connectivity index (χ2n) is 22.3. The number of rotatable bonds is 6. The number of anilines is 6. The van der Waals surface area contributed by atoms with Gasteiger partial charge in [-0.1, -0.05) is 120 Å². The molecular weight excluding hydrogens is 849 g/mol. The molecule has 4 heterocycles. The van der Waals surface area contributed by atoms with Crippen molar-refractivity contribution < 1.29 is 0 Å². The lowest BCUT2D eigenvalue weighted by molar-refractivity contribution is 0.590. The van der Waals surface area contributed by atoms with Crippen LogP contribution in [0.1, 0.15) is 74.9 Å². The van der Waals surface area contributed by atoms with Crippen LogP contribution in [0.25, 0.3) is 76.2 Å². The third-order valence-electron chi connectivity index (χ3n) is 15.1. The summed E-state index contributed by atoms with van der Waals surface area (Å²) in [6, 6.07) is 64.8. The molecule has 0 unspecified atom stereocenters. The Morgan fingerprint density at radius 1 is 0.314 bits per heavy atom. The zero-order chi connectivity index (χ0) is 48.1. The van der Waals surface area contributed by atoms with Crippen molar-refractivity contribution in [2.45, 2.75) is 80.1 Å². The number of hydrogen-bond acceptors (Lipinski definition) is 2. The predicted octanol–water partition coefficient (Wildman–Crippen LogP) is 18.8. The Kier molecular flexibility index (Phi) is 8.97. The van der Waals surface area contributed by atoms with Crippen LogP contribution >= 0.6 is 0 Å². The largest absolute Gasteiger partial charge is 0.310 e. The van der Waals surface area contributed by atoms with E-state index in [1.54, 1.807) is 0 Å². The molecule has 9 aromatic carbocycles. The van der Waals surface area contributed by atoms with Gasteiger partial charge in [0.1, 0.15) is 0 Å². The van der Waals surface area contributed by atoms with Gasteiger partial charge in [0.25, 0.3) is 0 Å². The number of aromatic nitrogens is 2. The average Bonchev–Trinajstić information content (AvgIpc) is 4.04. The molecule has 13 rings (SSSR count). The number of para-hydroxylation sites is 2. The fourth-order valence-corrected chi connectivity index (χ4v) is 12.1. The predicted molar refractivity (Wildman–Crippen MR) is 301 cm³/mol. The Bertz CT molecular complexity index is 4190. The zero-order valence-electron chi connectivity index (χ0n) is 42.0. The molecule has 4 aromatic heterocycles. The summed E-state index contributed by atoms with van der Waals surface area (Å²) in [7, 11) is 0. The first-order valence-corrected chi connectivity index (χ1v) is 24.9. The Morgan fingerprint density at radius 3 is 1.27 bits per heavy atom. The zero-order valence-corrected chi connectivity index (χ0v) is 42.0. The molecular formula is C66H58N4. The maximum Gasteiger partial charge on any atom is 0.0641 e. The minimum Gasteiger partial charge on any atom is -0.310 e. The van der Waals surface area contributed by atoms with Crippen molar-refractivity contribution in [3.63, 3.8) is 0 Å². The van der Waals surface area contributed by atoms with E-state index in [1.165, 1.54) is 132 Å². The Labute approximate surface area is 410 Å². The number of benzene rings is 9. The van der Waals surface area contributed by atoms with Crippen LogP contribution in [0.2, 0.25) is 0 Å². The van der Waals surface area contributed by atoms with Gasteiger partial charge in [0.05, 0.1) is 44.5 Å². The normalized spacial score (nSPS) is 12.7. The standard InChI is InChI=1S/C66H58N4/c1-39-30-40(2)33-47(32-39)67(45-16-12-11-13-17-45)58-29-26-50-53-37-59-52(38-60(53)70-56-27-22-44(66(8,9)10)36-54(56)62(58)64(50)70)49-25-28-57(61-51-18-14-15-19-55(51)69(59)63(49)61)68(48-34-41(3)31-42(4)35-48)46-23-20-43(21-24-46)65(5,6)7/h11-38H,1-10H3. The molecule has 342 valence electrons. The van der Waals surface area contributed by atoms with Gasteiger partial charge in [0, 0.05) is 65.8 Å². The monoisotopic (exact) mass is 906 g/mol. The summed E-state index contributed by atoms with van der Waals surface area (Å²) in [6.45, 7) is 22.7. The molecule has 0 aliphatic rings. The van der Waals surface area contributed by atoms with E-state index >= 15 is 0 Å². The fourth-order valence-electron chi connectivity index (χ4n) is 12.1. The summed E-state index contributed by atoms with van der Waals surface area (Å²) in [4.78, 5) is 4.97. The lowest BCUT2D eigenvalue weighted by Gasteiger charge is -2.28. The molecule has 0 aliphatic carbocycles. The van der Waals surface area contributed by atoms with Gasteiger partial charge in [0.15, 0.2) is 0 Å². The van der Waals surface area contributed by atoms with E-state index < -0.39 is 0 Å². The van der Waals surface area contributed by atoms with E-state index in [2.05, 4.69) is 258 Å². The molecule has 4 heteroatoms. The third-order valence-corrected chi connectivity index (χ3v) is 15.1. The Morgan fingerprint density at radius 2 is 0.757 bits per heavy atom. The van der Waals surface area contributed by atoms with E-state index in [0.29, 0.717) is 0 Å². The average molecular weight is 907 g/mol. The maximum absolute atomic E-state index is 2.58. The number of hydrogen-bond donors (Lipinski definition) is 0. The van der Waals surface area contributed by atoms with Crippen molar-refractivity contribution in [2.75, 3.05) is 9.80 Å². The fraction of sp³-hybridized carbons (Fsp3) is 0.182. The Balaban J connectivity index is 1.12. The summed E-state index contributed by atoms with van der Waals surface area (Å²) >= 11 is 0. The van der Waals surface area contributed by atoms with E-state index in [-0.39, 0.29) is 10.8 Å². The molecule has 0 N–H and O–H groups in total. The van der Waals surface area contributed by atoms with E-state index in [1.807, 2.05) is 0 Å². The highest BCUT2D eigenvalue weighted by Gasteiger charge is 2.29. The summed E-state index contributed by atoms with van der Waals surface area (Å²) in [6.07, 6.45) is 0. The molecule has 70 heavy (non-hydrogen) atoms. The molecule has 0 atom stereocenters. The first-order valence-electron chi connectivity index (χ1n) is 24.9. The summed E-state index contributed by atoms with van der Waals surface area (Å²) in [5, 5.41) is 10.1. The van der Waals surface area contributed by atoms with Crippen molar-refractivity contribution >= 4 is 110 Å². The third kappa shape index (κ3) is 6.21. The number of aryl methyl sites for hydroxylation is 4. The quantitative estimate of drug-likeness (QED) is 0.165. The number of nitrogens with zero attached hydrogens (tertiary/aromatic N) is 4. The lowest BCUT2D eigenvalue weighted by atomic mass is 9.86. The lowest BCUT2D eigenvalue weighted by Crippen LogP contribution is -2.13. The second-order valence-corrected chi connectivity index (χ2v) is 22.3. The van der Waals surface area contributed by atoms with E-state index in [4.69, 9.17) is 0 Å². The van der Waals surface area contributed by atoms with Crippen LogP contribution < -0.4 is 9.80 Å². The van der Waals surface area contributed by atoms with Crippen LogP contribution in [0, 0.1) is 27.7 Å². The Hall–Kier alpha value is -7.82. The molecule has 4 nitrogen and oxygen atoms in total. The van der Waals surface area contributed by atoms with Gasteiger partial charge >= 0.3 is 0 Å². The van der Waals surface area contributed by atoms with Gasteiger partial charge in [0.2, 0.25) is 0 Å². The van der Waals surface area contributed by atoms with Crippen LogP contribution in [0.5, 0.6) is 0 Å². The van der Waals surface area contributed by atoms with Crippen molar-refractivity contribution in [1.29, 1.82) is 0 Å². The SMILES string of the molecule is Cc1cc(C)cc(N(c2ccc(C(C)(C)C)cc2)c2ccc3c4cc5c(cc4n4c6ccccc6c2c34)c2ccc(N(c3ccccc3)c3cc(C)cc(C)c3)c3c4cc(C(C)(C)C)ccc4n5c23)c1. The molecule has 0 amide bonds. The minimum atomic E-state index is -0.0204. The van der Waals surface area contributed by atoms with Crippen molar-refractivity contribution in [3.05, 3.63) is 203 Å². The maximum atomic E-state index is 2.58. The first-order chi connectivity index (χ1) is 33.6. The highest BCUT2D eigenvalue weighted by atomic mass is 15.2. The van der Waals surface area contributed by atoms with Crippen molar-refractivity contribution in [3.8, 4) is 0 Å². The van der Waals surface area contributed by atoms with Crippen LogP contribution in [0.3, 0.4) is 0 Å². The van der Waals surface area contributed by atoms with Gasteiger partial charge in [-0.2, -0.15) is 0 Å². The molecule has 13 aromatic rings. The molecule has 0 aliphatic heterocycles. The molecule has 0 saturated heterocycles. The topological polar surface area (TPSA) is 15.3 Å². The van der Waals surface area contributed by atoms with Gasteiger partial charge in [-0.05, 0) is 163 Å². The van der Waals surface area contributed by atoms with Crippen LogP contribution in [0.4, 0.5) is 34.1 Å². The molecule has 0 radical (unpaired) electrons. The number of fused-ring (bicyclic) bond motifs is 12. The van der Waals surface area contributed by atoms with Crippen LogP contribution in [-0.2, 0) is 10.8 Å². The minimum absolute atomic E-state index is 0.0204. The van der Waals surface area contributed by atoms with E-state index in [9.17, 15) is 0 Å². The molecule has 0 spiro atoms. The van der Waals surface area contributed by atoms with Gasteiger partial charge in [-0.15, -0.1) is 0 Å². The van der Waals surface area contributed by atoms with E-state index in [0.717, 1.165) is 11.4 Å². The van der Waals surface area contributed by atoms with Crippen LogP contribution in [0.15, 0.2) is 170 Å². The van der Waals surface area contributed by atoms with Crippen LogP contribution in [-0.4, -0.2) is 8.80 Å². The van der Waals surface area contributed by atoms with Gasteiger partial charge < -0.3 is 18.6 Å². The van der Waals surface area contributed by atoms with Crippen molar-refractivity contribution in [2.24, 2.45) is 0 Å². The molecule has 0 bridgehead atoms. The summed E-state index contributed by atoms with van der Waals surface area (Å²) < 4.78 is 5.14. The van der Waals surface area contributed by atoms with Gasteiger partial charge in [-0.3, -0.25) is 0 Å². The smallest absolute Gasteiger partial charge is 0.0641 e. The molecule has 0 saturated carbocycles. The first kappa shape index (κ1) is 42.3. The summed E-state index contributed by atoms with van der Waals surface area (Å²) in [5.74, 6) is 0.